The Morgan fingerprint density at radius 1 is 1.17 bits per heavy atom. The Kier molecular flexibility index (Phi) is 7.81. The predicted octanol–water partition coefficient (Wildman–Crippen LogP) is 4.84. The lowest BCUT2D eigenvalue weighted by molar-refractivity contribution is -0.384. The van der Waals surface area contributed by atoms with Crippen molar-refractivity contribution < 1.29 is 19.2 Å². The van der Waals surface area contributed by atoms with E-state index in [4.69, 9.17) is 9.47 Å². The Labute approximate surface area is 211 Å². The summed E-state index contributed by atoms with van der Waals surface area (Å²) in [6.45, 7) is 4.44. The largest absolute Gasteiger partial charge is 0.494 e. The zero-order valence-electron chi connectivity index (χ0n) is 19.4. The summed E-state index contributed by atoms with van der Waals surface area (Å²) < 4.78 is 13.1. The quantitative estimate of drug-likeness (QED) is 0.133. The van der Waals surface area contributed by atoms with E-state index in [2.05, 4.69) is 22.1 Å². The van der Waals surface area contributed by atoms with Crippen LogP contribution in [0.2, 0.25) is 0 Å². The summed E-state index contributed by atoms with van der Waals surface area (Å²) in [5.74, 6) is 1.26. The van der Waals surface area contributed by atoms with Crippen LogP contribution in [0.1, 0.15) is 5.82 Å². The molecule has 1 N–H and O–H groups in total. The van der Waals surface area contributed by atoms with Crippen molar-refractivity contribution in [2.75, 3.05) is 18.2 Å². The molecule has 0 bridgehead atoms. The van der Waals surface area contributed by atoms with Crippen LogP contribution in [0.5, 0.6) is 11.5 Å². The number of nitrogens with zero attached hydrogens (tertiary/aromatic N) is 4. The number of thioether (sulfide) groups is 1. The minimum absolute atomic E-state index is 0.0413. The number of carbonyl (C=O) groups is 1. The highest BCUT2D eigenvalue weighted by Gasteiger charge is 2.17. The van der Waals surface area contributed by atoms with Gasteiger partial charge in [0.1, 0.15) is 18.1 Å². The van der Waals surface area contributed by atoms with E-state index >= 15 is 0 Å². The number of anilines is 1. The van der Waals surface area contributed by atoms with Crippen LogP contribution in [0.15, 0.2) is 78.5 Å². The van der Waals surface area contributed by atoms with Crippen molar-refractivity contribution >= 4 is 39.8 Å². The summed E-state index contributed by atoms with van der Waals surface area (Å²) in [6, 6.07) is 17.8. The van der Waals surface area contributed by atoms with Crippen LogP contribution < -0.4 is 14.8 Å². The number of nitrogens with one attached hydrogen (secondary N) is 1. The molecule has 3 aromatic carbocycles. The smallest absolute Gasteiger partial charge is 0.273 e. The number of amides is 1. The normalized spacial score (nSPS) is 10.7. The highest BCUT2D eigenvalue weighted by molar-refractivity contribution is 7.99. The molecule has 0 aliphatic rings. The molecule has 36 heavy (non-hydrogen) atoms. The minimum Gasteiger partial charge on any atom is -0.494 e. The molecule has 0 aliphatic carbocycles. The summed E-state index contributed by atoms with van der Waals surface area (Å²) in [7, 11) is 1.38. The van der Waals surface area contributed by atoms with Crippen LogP contribution in [-0.2, 0) is 17.9 Å². The van der Waals surface area contributed by atoms with Crippen molar-refractivity contribution in [3.05, 3.63) is 89.3 Å². The molecule has 0 saturated carbocycles. The first-order chi connectivity index (χ1) is 17.5. The Morgan fingerprint density at radius 3 is 2.75 bits per heavy atom. The molecule has 4 rings (SSSR count). The fourth-order valence-corrected chi connectivity index (χ4v) is 4.29. The molecular formula is C25H23N5O5S. The molecule has 0 fully saturated rings. The Bertz CT molecular complexity index is 1420. The van der Waals surface area contributed by atoms with E-state index in [0.29, 0.717) is 23.2 Å². The molecule has 0 aliphatic heterocycles. The molecule has 1 aromatic heterocycles. The molecule has 4 aromatic rings. The Balaban J connectivity index is 1.42. The van der Waals surface area contributed by atoms with E-state index in [1.54, 1.807) is 6.08 Å². The molecule has 1 heterocycles. The number of carbonyl (C=O) groups excluding carboxylic acids is 1. The van der Waals surface area contributed by atoms with Crippen molar-refractivity contribution in [1.82, 2.24) is 14.8 Å². The van der Waals surface area contributed by atoms with Crippen LogP contribution >= 0.6 is 11.8 Å². The monoisotopic (exact) mass is 505 g/mol. The molecule has 0 radical (unpaired) electrons. The Hall–Kier alpha value is -4.38. The van der Waals surface area contributed by atoms with Gasteiger partial charge in [0.2, 0.25) is 5.91 Å². The molecule has 0 unspecified atom stereocenters. The van der Waals surface area contributed by atoms with Gasteiger partial charge >= 0.3 is 0 Å². The van der Waals surface area contributed by atoms with Crippen LogP contribution in [0, 0.1) is 10.1 Å². The van der Waals surface area contributed by atoms with Gasteiger partial charge in [0, 0.05) is 18.0 Å². The lowest BCUT2D eigenvalue weighted by Gasteiger charge is -2.11. The predicted molar refractivity (Wildman–Crippen MR) is 138 cm³/mol. The second-order valence-corrected chi connectivity index (χ2v) is 8.49. The van der Waals surface area contributed by atoms with Gasteiger partial charge in [-0.15, -0.1) is 16.8 Å². The molecule has 1 amide bonds. The lowest BCUT2D eigenvalue weighted by Crippen LogP contribution is -2.15. The van der Waals surface area contributed by atoms with Crippen molar-refractivity contribution in [2.45, 2.75) is 18.3 Å². The van der Waals surface area contributed by atoms with Crippen molar-refractivity contribution in [3.8, 4) is 11.5 Å². The summed E-state index contributed by atoms with van der Waals surface area (Å²) >= 11 is 1.21. The molecule has 0 atom stereocenters. The van der Waals surface area contributed by atoms with Crippen molar-refractivity contribution in [1.29, 1.82) is 0 Å². The highest BCUT2D eigenvalue weighted by Crippen LogP contribution is 2.30. The molecular weight excluding hydrogens is 482 g/mol. The van der Waals surface area contributed by atoms with Crippen LogP contribution in [0.4, 0.5) is 11.4 Å². The van der Waals surface area contributed by atoms with E-state index in [1.165, 1.54) is 37.1 Å². The summed E-state index contributed by atoms with van der Waals surface area (Å²) in [5, 5.41) is 24.8. The second kappa shape index (κ2) is 11.4. The number of fused-ring (bicyclic) bond motifs is 1. The zero-order valence-corrected chi connectivity index (χ0v) is 20.2. The minimum atomic E-state index is -0.530. The number of non-ortho nitro benzene ring substituents is 1. The fourth-order valence-electron chi connectivity index (χ4n) is 3.52. The molecule has 0 spiro atoms. The number of hydrogen-bond acceptors (Lipinski definition) is 8. The van der Waals surface area contributed by atoms with Crippen molar-refractivity contribution in [3.63, 3.8) is 0 Å². The van der Waals surface area contributed by atoms with Crippen molar-refractivity contribution in [2.24, 2.45) is 0 Å². The Morgan fingerprint density at radius 2 is 1.97 bits per heavy atom. The van der Waals surface area contributed by atoms with E-state index < -0.39 is 4.92 Å². The molecule has 0 saturated heterocycles. The molecule has 11 heteroatoms. The maximum absolute atomic E-state index is 12.6. The van der Waals surface area contributed by atoms with E-state index in [0.717, 1.165) is 16.5 Å². The van der Waals surface area contributed by atoms with E-state index in [-0.39, 0.29) is 29.7 Å². The van der Waals surface area contributed by atoms with Gasteiger partial charge in [0.25, 0.3) is 5.69 Å². The zero-order chi connectivity index (χ0) is 25.5. The number of nitro groups is 1. The summed E-state index contributed by atoms with van der Waals surface area (Å²) in [4.78, 5) is 23.0. The van der Waals surface area contributed by atoms with Crippen LogP contribution in [0.3, 0.4) is 0 Å². The van der Waals surface area contributed by atoms with Gasteiger partial charge in [0.05, 0.1) is 29.5 Å². The molecule has 10 nitrogen and oxygen atoms in total. The van der Waals surface area contributed by atoms with E-state index in [1.807, 2.05) is 47.0 Å². The maximum atomic E-state index is 12.6. The third-order valence-corrected chi connectivity index (χ3v) is 6.18. The van der Waals surface area contributed by atoms with Crippen LogP contribution in [0.25, 0.3) is 10.8 Å². The number of benzene rings is 3. The van der Waals surface area contributed by atoms with Gasteiger partial charge in [0.15, 0.2) is 11.0 Å². The van der Waals surface area contributed by atoms with Gasteiger partial charge < -0.3 is 14.8 Å². The molecule has 184 valence electrons. The number of methoxy groups -OCH3 is 1. The average Bonchev–Trinajstić information content (AvgIpc) is 3.27. The summed E-state index contributed by atoms with van der Waals surface area (Å²) in [5.41, 5.74) is 0.209. The topological polar surface area (TPSA) is 121 Å². The van der Waals surface area contributed by atoms with Gasteiger partial charge in [-0.3, -0.25) is 19.5 Å². The third kappa shape index (κ3) is 5.63. The number of allylic oxidation sites excluding steroid dienone is 1. The standard InChI is InChI=1S/C25H23N5O5S/c1-3-13-29-23(15-35-21-10-6-8-17-7-4-5-9-19(17)21)27-28-25(29)36-16-24(31)26-20-12-11-18(30(32)33)14-22(20)34-2/h3-12,14H,1,13,15-16H2,2H3,(H,26,31). The van der Waals surface area contributed by atoms with E-state index in [9.17, 15) is 14.9 Å². The first-order valence-electron chi connectivity index (χ1n) is 10.9. The number of nitro benzene ring substituents is 1. The number of hydrogen-bond donors (Lipinski definition) is 1. The van der Waals surface area contributed by atoms with Gasteiger partial charge in [-0.25, -0.2) is 0 Å². The first kappa shape index (κ1) is 24.7. The third-order valence-electron chi connectivity index (χ3n) is 5.21. The van der Waals surface area contributed by atoms with Gasteiger partial charge in [-0.2, -0.15) is 0 Å². The summed E-state index contributed by atoms with van der Waals surface area (Å²) in [6.07, 6.45) is 1.72. The average molecular weight is 506 g/mol. The number of rotatable bonds is 11. The fraction of sp³-hybridized carbons (Fsp3) is 0.160. The number of ether oxygens (including phenoxy) is 2. The van der Waals surface area contributed by atoms with Gasteiger partial charge in [-0.1, -0.05) is 54.2 Å². The van der Waals surface area contributed by atoms with Crippen LogP contribution in [-0.4, -0.2) is 38.5 Å². The first-order valence-corrected chi connectivity index (χ1v) is 11.9. The maximum Gasteiger partial charge on any atom is 0.273 e. The van der Waals surface area contributed by atoms with Gasteiger partial charge in [-0.05, 0) is 17.5 Å². The lowest BCUT2D eigenvalue weighted by atomic mass is 10.1. The SMILES string of the molecule is C=CCn1c(COc2cccc3ccccc23)nnc1SCC(=O)Nc1ccc([N+](=O)[O-])cc1OC. The number of aromatic nitrogens is 3. The second-order valence-electron chi connectivity index (χ2n) is 7.54. The highest BCUT2D eigenvalue weighted by atomic mass is 32.2.